The summed E-state index contributed by atoms with van der Waals surface area (Å²) in [6, 6.07) is 11.5. The van der Waals surface area contributed by atoms with Gasteiger partial charge in [0, 0.05) is 19.7 Å². The van der Waals surface area contributed by atoms with Gasteiger partial charge in [0.25, 0.3) is 0 Å². The SMILES string of the molecule is COCCOc1ccc(NC(=O)N2CCCCC2c2nc3ccccc3s2)cn1. The molecule has 1 saturated heterocycles. The Morgan fingerprint density at radius 2 is 2.14 bits per heavy atom. The van der Waals surface area contributed by atoms with E-state index in [2.05, 4.69) is 16.4 Å². The monoisotopic (exact) mass is 412 g/mol. The number of anilines is 1. The number of ether oxygens (including phenoxy) is 2. The molecule has 0 radical (unpaired) electrons. The smallest absolute Gasteiger partial charge is 0.322 e. The second kappa shape index (κ2) is 9.19. The number of thiazole rings is 1. The Labute approximate surface area is 173 Å². The van der Waals surface area contributed by atoms with Gasteiger partial charge in [-0.25, -0.2) is 14.8 Å². The molecule has 0 aliphatic carbocycles. The van der Waals surface area contributed by atoms with Crippen LogP contribution in [0.4, 0.5) is 10.5 Å². The van der Waals surface area contributed by atoms with Crippen LogP contribution in [0.25, 0.3) is 10.2 Å². The first-order valence-corrected chi connectivity index (χ1v) is 10.6. The van der Waals surface area contributed by atoms with E-state index in [1.807, 2.05) is 23.1 Å². The summed E-state index contributed by atoms with van der Waals surface area (Å²) in [6.07, 6.45) is 4.63. The van der Waals surface area contributed by atoms with Gasteiger partial charge in [0.2, 0.25) is 5.88 Å². The van der Waals surface area contributed by atoms with E-state index in [9.17, 15) is 4.79 Å². The Hall–Kier alpha value is -2.71. The molecule has 1 aromatic carbocycles. The van der Waals surface area contributed by atoms with Crippen molar-refractivity contribution in [2.24, 2.45) is 0 Å². The average molecular weight is 413 g/mol. The van der Waals surface area contributed by atoms with Crippen LogP contribution in [0, 0.1) is 0 Å². The molecule has 3 heterocycles. The Morgan fingerprint density at radius 1 is 1.24 bits per heavy atom. The standard InChI is InChI=1S/C21H24N4O3S/c1-27-12-13-28-19-10-9-15(14-22-19)23-21(26)25-11-5-4-7-17(25)20-24-16-6-2-3-8-18(16)29-20/h2-3,6,8-10,14,17H,4-5,7,11-13H2,1H3,(H,23,26). The third kappa shape index (κ3) is 4.65. The number of likely N-dealkylation sites (tertiary alicyclic amines) is 1. The number of urea groups is 1. The van der Waals surface area contributed by atoms with E-state index in [0.717, 1.165) is 41.0 Å². The van der Waals surface area contributed by atoms with E-state index < -0.39 is 0 Å². The van der Waals surface area contributed by atoms with Crippen LogP contribution in [0.15, 0.2) is 42.6 Å². The summed E-state index contributed by atoms with van der Waals surface area (Å²) >= 11 is 1.67. The second-order valence-electron chi connectivity index (χ2n) is 6.88. The number of hydrogen-bond donors (Lipinski definition) is 1. The lowest BCUT2D eigenvalue weighted by Gasteiger charge is -2.34. The van der Waals surface area contributed by atoms with Crippen molar-refractivity contribution in [1.29, 1.82) is 0 Å². The maximum atomic E-state index is 13.0. The number of carbonyl (C=O) groups is 1. The van der Waals surface area contributed by atoms with Crippen molar-refractivity contribution >= 4 is 33.3 Å². The lowest BCUT2D eigenvalue weighted by molar-refractivity contribution is 0.144. The summed E-state index contributed by atoms with van der Waals surface area (Å²) in [5, 5.41) is 3.96. The number of aromatic nitrogens is 2. The molecule has 1 aliphatic heterocycles. The van der Waals surface area contributed by atoms with Gasteiger partial charge >= 0.3 is 6.03 Å². The van der Waals surface area contributed by atoms with E-state index in [1.54, 1.807) is 36.8 Å². The maximum Gasteiger partial charge on any atom is 0.322 e. The largest absolute Gasteiger partial charge is 0.475 e. The van der Waals surface area contributed by atoms with Crippen LogP contribution in [0.5, 0.6) is 5.88 Å². The van der Waals surface area contributed by atoms with Gasteiger partial charge < -0.3 is 19.7 Å². The molecule has 1 fully saturated rings. The Kier molecular flexibility index (Phi) is 6.21. The van der Waals surface area contributed by atoms with Gasteiger partial charge in [-0.05, 0) is 37.5 Å². The van der Waals surface area contributed by atoms with Gasteiger partial charge in [0.15, 0.2) is 0 Å². The van der Waals surface area contributed by atoms with Crippen LogP contribution in [0.3, 0.4) is 0 Å². The fraction of sp³-hybridized carbons (Fsp3) is 0.381. The highest BCUT2D eigenvalue weighted by Gasteiger charge is 2.30. The summed E-state index contributed by atoms with van der Waals surface area (Å²) in [5.41, 5.74) is 1.63. The molecule has 1 atom stereocenters. The number of benzene rings is 1. The molecule has 0 saturated carbocycles. The fourth-order valence-corrected chi connectivity index (χ4v) is 4.54. The van der Waals surface area contributed by atoms with Gasteiger partial charge in [-0.3, -0.25) is 0 Å². The summed E-state index contributed by atoms with van der Waals surface area (Å²) in [7, 11) is 1.62. The van der Waals surface area contributed by atoms with Crippen molar-refractivity contribution in [2.75, 3.05) is 32.2 Å². The number of piperidine rings is 1. The number of rotatable bonds is 6. The first kappa shape index (κ1) is 19.6. The maximum absolute atomic E-state index is 13.0. The third-order valence-corrected chi connectivity index (χ3v) is 6.02. The zero-order chi connectivity index (χ0) is 20.1. The second-order valence-corrected chi connectivity index (χ2v) is 7.94. The molecule has 7 nitrogen and oxygen atoms in total. The molecule has 4 rings (SSSR count). The van der Waals surface area contributed by atoms with Crippen molar-refractivity contribution in [2.45, 2.75) is 25.3 Å². The lowest BCUT2D eigenvalue weighted by Crippen LogP contribution is -2.41. The predicted molar refractivity (Wildman–Crippen MR) is 114 cm³/mol. The molecule has 1 unspecified atom stereocenters. The molecule has 1 aliphatic rings. The summed E-state index contributed by atoms with van der Waals surface area (Å²) in [5.74, 6) is 0.505. The first-order chi connectivity index (χ1) is 14.2. The van der Waals surface area contributed by atoms with Crippen molar-refractivity contribution in [1.82, 2.24) is 14.9 Å². The highest BCUT2D eigenvalue weighted by molar-refractivity contribution is 7.18. The molecule has 3 aromatic rings. The van der Waals surface area contributed by atoms with Crippen LogP contribution in [-0.4, -0.2) is 47.8 Å². The number of amides is 2. The molecule has 152 valence electrons. The third-order valence-electron chi connectivity index (χ3n) is 4.88. The fourth-order valence-electron chi connectivity index (χ4n) is 3.43. The zero-order valence-electron chi connectivity index (χ0n) is 16.3. The summed E-state index contributed by atoms with van der Waals surface area (Å²) in [4.78, 5) is 23.9. The van der Waals surface area contributed by atoms with E-state index in [-0.39, 0.29) is 12.1 Å². The molecule has 1 N–H and O–H groups in total. The number of pyridine rings is 1. The van der Waals surface area contributed by atoms with Crippen LogP contribution < -0.4 is 10.1 Å². The number of para-hydroxylation sites is 1. The van der Waals surface area contributed by atoms with Crippen LogP contribution in [0.1, 0.15) is 30.3 Å². The minimum atomic E-state index is -0.121. The molecular formula is C21H24N4O3S. The van der Waals surface area contributed by atoms with Crippen molar-refractivity contribution < 1.29 is 14.3 Å². The van der Waals surface area contributed by atoms with Crippen molar-refractivity contribution in [3.63, 3.8) is 0 Å². The first-order valence-electron chi connectivity index (χ1n) is 9.75. The topological polar surface area (TPSA) is 76.6 Å². The van der Waals surface area contributed by atoms with Crippen molar-refractivity contribution in [3.8, 4) is 5.88 Å². The zero-order valence-corrected chi connectivity index (χ0v) is 17.2. The van der Waals surface area contributed by atoms with E-state index in [4.69, 9.17) is 14.5 Å². The minimum absolute atomic E-state index is 0.00533. The highest BCUT2D eigenvalue weighted by Crippen LogP contribution is 2.35. The number of fused-ring (bicyclic) bond motifs is 1. The average Bonchev–Trinajstić information content (AvgIpc) is 3.19. The highest BCUT2D eigenvalue weighted by atomic mass is 32.1. The van der Waals surface area contributed by atoms with Gasteiger partial charge in [-0.1, -0.05) is 12.1 Å². The summed E-state index contributed by atoms with van der Waals surface area (Å²) in [6.45, 7) is 1.66. The molecule has 0 bridgehead atoms. The van der Waals surface area contributed by atoms with Gasteiger partial charge in [0.05, 0.1) is 34.7 Å². The van der Waals surface area contributed by atoms with Crippen LogP contribution in [0.2, 0.25) is 0 Å². The molecule has 29 heavy (non-hydrogen) atoms. The number of carbonyl (C=O) groups excluding carboxylic acids is 1. The number of nitrogens with one attached hydrogen (secondary N) is 1. The number of methoxy groups -OCH3 is 1. The predicted octanol–water partition coefficient (Wildman–Crippen LogP) is 4.48. The van der Waals surface area contributed by atoms with E-state index >= 15 is 0 Å². The summed E-state index contributed by atoms with van der Waals surface area (Å²) < 4.78 is 11.6. The molecule has 2 aromatic heterocycles. The van der Waals surface area contributed by atoms with Crippen LogP contribution >= 0.6 is 11.3 Å². The Morgan fingerprint density at radius 3 is 2.93 bits per heavy atom. The quantitative estimate of drug-likeness (QED) is 0.604. The molecular weight excluding hydrogens is 388 g/mol. The van der Waals surface area contributed by atoms with Gasteiger partial charge in [-0.2, -0.15) is 0 Å². The Bertz CT molecular complexity index is 927. The minimum Gasteiger partial charge on any atom is -0.475 e. The molecule has 8 heteroatoms. The van der Waals surface area contributed by atoms with Crippen LogP contribution in [-0.2, 0) is 4.74 Å². The van der Waals surface area contributed by atoms with Gasteiger partial charge in [0.1, 0.15) is 11.6 Å². The van der Waals surface area contributed by atoms with Crippen molar-refractivity contribution in [3.05, 3.63) is 47.6 Å². The molecule has 2 amide bonds. The lowest BCUT2D eigenvalue weighted by atomic mass is 10.0. The number of hydrogen-bond acceptors (Lipinski definition) is 6. The van der Waals surface area contributed by atoms with E-state index in [1.165, 1.54) is 0 Å². The van der Waals surface area contributed by atoms with Gasteiger partial charge in [-0.15, -0.1) is 11.3 Å². The Balaban J connectivity index is 1.44. The molecule has 0 spiro atoms. The number of nitrogens with zero attached hydrogens (tertiary/aromatic N) is 3. The normalized spacial score (nSPS) is 16.7. The van der Waals surface area contributed by atoms with E-state index in [0.29, 0.717) is 24.8 Å².